The van der Waals surface area contributed by atoms with Crippen LogP contribution in [0, 0.1) is 13.0 Å². The second kappa shape index (κ2) is 1.87. The van der Waals surface area contributed by atoms with Crippen LogP contribution in [0.1, 0.15) is 5.56 Å². The van der Waals surface area contributed by atoms with Crippen LogP contribution >= 0.6 is 0 Å². The summed E-state index contributed by atoms with van der Waals surface area (Å²) >= 11 is 0. The molecule has 1 heteroatoms. The van der Waals surface area contributed by atoms with Gasteiger partial charge in [0.1, 0.15) is 5.76 Å². The van der Waals surface area contributed by atoms with Gasteiger partial charge in [0, 0.05) is 11.6 Å². The molecule has 0 fully saturated rings. The molecule has 0 aromatic heterocycles. The second-order valence-electron chi connectivity index (χ2n) is 2.35. The third-order valence-electron chi connectivity index (χ3n) is 1.49. The van der Waals surface area contributed by atoms with E-state index < -0.39 is 0 Å². The second-order valence-corrected chi connectivity index (χ2v) is 2.35. The smallest absolute Gasteiger partial charge is 0.141 e. The molecule has 1 nitrogen and oxygen atoms in total. The summed E-state index contributed by atoms with van der Waals surface area (Å²) in [5, 5.41) is 0. The summed E-state index contributed by atoms with van der Waals surface area (Å²) in [6.07, 6.45) is 1.66. The third kappa shape index (κ3) is 0.711. The molecule has 0 spiro atoms. The average Bonchev–Trinajstić information content (AvgIpc) is 2.27. The predicted molar refractivity (Wildman–Crippen MR) is 38.9 cm³/mol. The van der Waals surface area contributed by atoms with Gasteiger partial charge < -0.3 is 4.42 Å². The lowest BCUT2D eigenvalue weighted by Crippen LogP contribution is -1.67. The average molecular weight is 131 g/mol. The van der Waals surface area contributed by atoms with E-state index in [1.165, 1.54) is 0 Å². The normalized spacial score (nSPS) is 10.5. The first-order valence-corrected chi connectivity index (χ1v) is 3.22. The molecular weight excluding hydrogens is 124 g/mol. The Morgan fingerprint density at radius 3 is 3.20 bits per heavy atom. The Labute approximate surface area is 59.6 Å². The number of hydrogen-bond donors (Lipinski definition) is 0. The maximum absolute atomic E-state index is 5.18. The zero-order valence-corrected chi connectivity index (χ0v) is 5.72. The first-order valence-electron chi connectivity index (χ1n) is 3.22. The molecule has 1 heterocycles. The van der Waals surface area contributed by atoms with Crippen LogP contribution in [0.2, 0.25) is 0 Å². The highest BCUT2D eigenvalue weighted by Crippen LogP contribution is 2.23. The Bertz CT molecular complexity index is 279. The molecule has 0 aromatic carbocycles. The van der Waals surface area contributed by atoms with Gasteiger partial charge in [-0.3, -0.25) is 0 Å². The minimum Gasteiger partial charge on any atom is -0.464 e. The van der Waals surface area contributed by atoms with Crippen LogP contribution in [0.15, 0.2) is 28.9 Å². The van der Waals surface area contributed by atoms with Crippen molar-refractivity contribution in [2.45, 2.75) is 6.92 Å². The highest BCUT2D eigenvalue weighted by atomic mass is 16.3. The molecule has 0 unspecified atom stereocenters. The molecule has 0 saturated heterocycles. The fourth-order valence-corrected chi connectivity index (χ4v) is 1.06. The number of rotatable bonds is 0. The predicted octanol–water partition coefficient (Wildman–Crippen LogP) is 2.49. The van der Waals surface area contributed by atoms with E-state index in [1.807, 2.05) is 19.1 Å². The van der Waals surface area contributed by atoms with Crippen molar-refractivity contribution in [2.24, 2.45) is 0 Å². The van der Waals surface area contributed by atoms with Crippen LogP contribution in [0.25, 0.3) is 11.3 Å². The van der Waals surface area contributed by atoms with E-state index in [0.29, 0.717) is 0 Å². The summed E-state index contributed by atoms with van der Waals surface area (Å²) in [7, 11) is 0. The first kappa shape index (κ1) is 5.54. The molecule has 0 saturated carbocycles. The monoisotopic (exact) mass is 131 g/mol. The zero-order chi connectivity index (χ0) is 6.97. The van der Waals surface area contributed by atoms with Gasteiger partial charge in [-0.25, -0.2) is 0 Å². The molecule has 49 valence electrons. The molecule has 0 bridgehead atoms. The molecule has 0 amide bonds. The van der Waals surface area contributed by atoms with Gasteiger partial charge in [0.25, 0.3) is 0 Å². The minimum absolute atomic E-state index is 0.847. The van der Waals surface area contributed by atoms with Crippen molar-refractivity contribution in [1.82, 2.24) is 0 Å². The van der Waals surface area contributed by atoms with Gasteiger partial charge in [0.2, 0.25) is 0 Å². The number of hydrogen-bond acceptors (Lipinski definition) is 1. The summed E-state index contributed by atoms with van der Waals surface area (Å²) in [5.74, 6) is 0.847. The maximum Gasteiger partial charge on any atom is 0.141 e. The lowest BCUT2D eigenvalue weighted by atomic mass is 10.3. The highest BCUT2D eigenvalue weighted by molar-refractivity contribution is 5.61. The van der Waals surface area contributed by atoms with Gasteiger partial charge in [-0.15, -0.1) is 0 Å². The zero-order valence-electron chi connectivity index (χ0n) is 5.72. The molecular formula is C9H7O. The molecule has 1 aliphatic heterocycles. The standard InChI is InChI=1S/C9H7O/c1-7-5-8-3-2-4-10-9(8)6-7/h2-5H,1H3. The Hall–Kier alpha value is -1.24. The van der Waals surface area contributed by atoms with E-state index in [9.17, 15) is 0 Å². The summed E-state index contributed by atoms with van der Waals surface area (Å²) in [4.78, 5) is 0. The molecule has 1 radical (unpaired) electrons. The minimum atomic E-state index is 0.847. The van der Waals surface area contributed by atoms with Gasteiger partial charge in [-0.05, 0) is 30.7 Å². The van der Waals surface area contributed by atoms with Crippen molar-refractivity contribution in [3.8, 4) is 11.3 Å². The summed E-state index contributed by atoms with van der Waals surface area (Å²) in [6.45, 7) is 2.01. The first-order chi connectivity index (χ1) is 4.86. The van der Waals surface area contributed by atoms with Crippen LogP contribution in [0.5, 0.6) is 0 Å². The molecule has 0 N–H and O–H groups in total. The molecule has 2 aliphatic rings. The fourth-order valence-electron chi connectivity index (χ4n) is 1.06. The highest BCUT2D eigenvalue weighted by Gasteiger charge is 2.04. The van der Waals surface area contributed by atoms with Crippen molar-refractivity contribution in [2.75, 3.05) is 0 Å². The van der Waals surface area contributed by atoms with Crippen LogP contribution < -0.4 is 0 Å². The Morgan fingerprint density at radius 1 is 1.50 bits per heavy atom. The lowest BCUT2D eigenvalue weighted by molar-refractivity contribution is 0.566. The van der Waals surface area contributed by atoms with Gasteiger partial charge in [-0.2, -0.15) is 0 Å². The Morgan fingerprint density at radius 2 is 2.40 bits per heavy atom. The van der Waals surface area contributed by atoms with E-state index in [-0.39, 0.29) is 0 Å². The van der Waals surface area contributed by atoms with Gasteiger partial charge in [0.05, 0.1) is 6.26 Å². The summed E-state index contributed by atoms with van der Waals surface area (Å²) in [5.41, 5.74) is 2.25. The summed E-state index contributed by atoms with van der Waals surface area (Å²) in [6, 6.07) is 9.05. The van der Waals surface area contributed by atoms with Crippen molar-refractivity contribution >= 4 is 0 Å². The molecule has 2 rings (SSSR count). The van der Waals surface area contributed by atoms with E-state index >= 15 is 0 Å². The quantitative estimate of drug-likeness (QED) is 0.535. The van der Waals surface area contributed by atoms with Crippen LogP contribution in [0.4, 0.5) is 0 Å². The largest absolute Gasteiger partial charge is 0.464 e. The molecule has 0 aromatic rings. The number of aryl methyl sites for hydroxylation is 1. The third-order valence-corrected chi connectivity index (χ3v) is 1.49. The van der Waals surface area contributed by atoms with Crippen molar-refractivity contribution < 1.29 is 4.42 Å². The van der Waals surface area contributed by atoms with Crippen molar-refractivity contribution in [1.29, 1.82) is 0 Å². The van der Waals surface area contributed by atoms with E-state index in [4.69, 9.17) is 4.42 Å². The van der Waals surface area contributed by atoms with Gasteiger partial charge >= 0.3 is 0 Å². The molecule has 1 aliphatic carbocycles. The van der Waals surface area contributed by atoms with Crippen molar-refractivity contribution in [3.05, 3.63) is 36.1 Å². The molecule has 0 atom stereocenters. The van der Waals surface area contributed by atoms with Crippen molar-refractivity contribution in [3.63, 3.8) is 0 Å². The van der Waals surface area contributed by atoms with Crippen LogP contribution in [-0.4, -0.2) is 0 Å². The number of fused-ring (bicyclic) bond motifs is 1. The Balaban J connectivity index is 2.76. The van der Waals surface area contributed by atoms with Crippen LogP contribution in [-0.2, 0) is 0 Å². The fraction of sp³-hybridized carbons (Fsp3) is 0.111. The van der Waals surface area contributed by atoms with E-state index in [1.54, 1.807) is 6.26 Å². The van der Waals surface area contributed by atoms with E-state index in [0.717, 1.165) is 16.9 Å². The SMILES string of the molecule is Cc1[c]c2occcc-2c1. The van der Waals surface area contributed by atoms with Gasteiger partial charge in [0.15, 0.2) is 0 Å². The molecule has 10 heavy (non-hydrogen) atoms. The topological polar surface area (TPSA) is 13.1 Å². The maximum atomic E-state index is 5.18. The van der Waals surface area contributed by atoms with E-state index in [2.05, 4.69) is 12.1 Å². The lowest BCUT2D eigenvalue weighted by Gasteiger charge is -1.91. The Kier molecular flexibility index (Phi) is 1.04. The van der Waals surface area contributed by atoms with Gasteiger partial charge in [-0.1, -0.05) is 0 Å². The van der Waals surface area contributed by atoms with Crippen LogP contribution in [0.3, 0.4) is 0 Å². The summed E-state index contributed by atoms with van der Waals surface area (Å²) < 4.78 is 5.18.